The molecule has 112 valence electrons. The van der Waals surface area contributed by atoms with Gasteiger partial charge in [0.25, 0.3) is 10.0 Å². The molecule has 1 heterocycles. The van der Waals surface area contributed by atoms with E-state index in [1.165, 1.54) is 31.5 Å². The molecule has 6 nitrogen and oxygen atoms in total. The molecule has 0 spiro atoms. The highest BCUT2D eigenvalue weighted by Crippen LogP contribution is 2.22. The lowest BCUT2D eigenvalue weighted by molar-refractivity contribution is -0.136. The van der Waals surface area contributed by atoms with Gasteiger partial charge in [-0.15, -0.1) is 0 Å². The van der Waals surface area contributed by atoms with E-state index in [2.05, 4.69) is 5.10 Å². The number of aromatic nitrogens is 2. The van der Waals surface area contributed by atoms with Gasteiger partial charge in [-0.05, 0) is 24.1 Å². The molecule has 0 radical (unpaired) electrons. The van der Waals surface area contributed by atoms with Crippen LogP contribution in [0, 0.1) is 5.82 Å². The number of rotatable bonds is 5. The van der Waals surface area contributed by atoms with E-state index in [4.69, 9.17) is 5.11 Å². The number of hydrogen-bond donors (Lipinski definition) is 1. The fraction of sp³-hybridized carbons (Fsp3) is 0.231. The van der Waals surface area contributed by atoms with Crippen LogP contribution in [0.25, 0.3) is 11.1 Å². The van der Waals surface area contributed by atoms with E-state index >= 15 is 0 Å². The second kappa shape index (κ2) is 5.65. The first-order chi connectivity index (χ1) is 9.83. The summed E-state index contributed by atoms with van der Waals surface area (Å²) in [5.41, 5.74) is 0.937. The lowest BCUT2D eigenvalue weighted by Gasteiger charge is -2.03. The molecule has 0 amide bonds. The molecule has 0 aliphatic carbocycles. The smallest absolute Gasteiger partial charge is 0.307 e. The molecule has 0 saturated carbocycles. The van der Waals surface area contributed by atoms with Crippen LogP contribution in [-0.2, 0) is 21.2 Å². The van der Waals surface area contributed by atoms with Gasteiger partial charge in [-0.25, -0.2) is 12.8 Å². The van der Waals surface area contributed by atoms with E-state index in [1.807, 2.05) is 0 Å². The predicted molar refractivity (Wildman–Crippen MR) is 73.8 cm³/mol. The highest BCUT2D eigenvalue weighted by Gasteiger charge is 2.14. The minimum absolute atomic E-state index is 0.0693. The molecule has 21 heavy (non-hydrogen) atoms. The number of carbonyl (C=O) groups is 1. The average molecular weight is 312 g/mol. The van der Waals surface area contributed by atoms with E-state index < -0.39 is 28.2 Å². The second-order valence-corrected chi connectivity index (χ2v) is 6.49. The highest BCUT2D eigenvalue weighted by atomic mass is 32.2. The van der Waals surface area contributed by atoms with Gasteiger partial charge in [-0.1, -0.05) is 12.1 Å². The average Bonchev–Trinajstić information content (AvgIpc) is 2.91. The Labute approximate surface area is 120 Å². The Hall–Kier alpha value is -2.22. The Balaban J connectivity index is 2.36. The number of carboxylic acid groups (broad SMARTS) is 1. The monoisotopic (exact) mass is 312 g/mol. The van der Waals surface area contributed by atoms with Crippen molar-refractivity contribution in [2.24, 2.45) is 0 Å². The maximum Gasteiger partial charge on any atom is 0.307 e. The Morgan fingerprint density at radius 3 is 2.67 bits per heavy atom. The van der Waals surface area contributed by atoms with Gasteiger partial charge in [0, 0.05) is 5.56 Å². The zero-order chi connectivity index (χ0) is 15.6. The van der Waals surface area contributed by atoms with Crippen molar-refractivity contribution >= 4 is 16.0 Å². The molecule has 0 bridgehead atoms. The summed E-state index contributed by atoms with van der Waals surface area (Å²) in [6.07, 6.45) is 2.21. The van der Waals surface area contributed by atoms with E-state index in [0.717, 1.165) is 10.2 Å². The van der Waals surface area contributed by atoms with Crippen LogP contribution in [0.2, 0.25) is 0 Å². The molecule has 0 atom stereocenters. The van der Waals surface area contributed by atoms with Crippen LogP contribution in [-0.4, -0.2) is 34.4 Å². The summed E-state index contributed by atoms with van der Waals surface area (Å²) in [5.74, 6) is -1.87. The van der Waals surface area contributed by atoms with Crippen molar-refractivity contribution in [3.05, 3.63) is 42.0 Å². The molecule has 0 fully saturated rings. The molecule has 1 N–H and O–H groups in total. The van der Waals surface area contributed by atoms with Gasteiger partial charge in [-0.2, -0.15) is 9.19 Å². The van der Waals surface area contributed by atoms with Crippen LogP contribution in [0.15, 0.2) is 30.6 Å². The topological polar surface area (TPSA) is 89.3 Å². The molecule has 8 heteroatoms. The Kier molecular flexibility index (Phi) is 4.08. The molecular weight excluding hydrogens is 299 g/mol. The minimum atomic E-state index is -3.49. The molecule has 0 saturated heterocycles. The van der Waals surface area contributed by atoms with Crippen molar-refractivity contribution in [3.63, 3.8) is 0 Å². The largest absolute Gasteiger partial charge is 0.481 e. The molecule has 1 aromatic carbocycles. The van der Waals surface area contributed by atoms with Crippen LogP contribution in [0.3, 0.4) is 0 Å². The first kappa shape index (κ1) is 15.2. The number of nitrogens with zero attached hydrogens (tertiary/aromatic N) is 2. The summed E-state index contributed by atoms with van der Waals surface area (Å²) >= 11 is 0. The van der Waals surface area contributed by atoms with Crippen LogP contribution in [0.4, 0.5) is 4.39 Å². The maximum absolute atomic E-state index is 13.8. The Morgan fingerprint density at radius 2 is 2.10 bits per heavy atom. The standard InChI is InChI=1S/C13H13FN2O4S/c1-2-21(19,20)16-8-11(7-15-16)9-3-4-10(6-13(17)18)12(14)5-9/h3-5,7-8H,2,6H2,1H3,(H,17,18). The van der Waals surface area contributed by atoms with Crippen LogP contribution in [0.5, 0.6) is 0 Å². The van der Waals surface area contributed by atoms with Gasteiger partial charge < -0.3 is 5.11 Å². The van der Waals surface area contributed by atoms with Crippen molar-refractivity contribution in [2.45, 2.75) is 13.3 Å². The van der Waals surface area contributed by atoms with Crippen molar-refractivity contribution in [1.29, 1.82) is 0 Å². The summed E-state index contributed by atoms with van der Waals surface area (Å²) in [5, 5.41) is 12.4. The molecular formula is C13H13FN2O4S. The Morgan fingerprint density at radius 1 is 1.38 bits per heavy atom. The zero-order valence-electron chi connectivity index (χ0n) is 11.2. The normalized spacial score (nSPS) is 11.5. The third-order valence-electron chi connectivity index (χ3n) is 2.94. The molecule has 0 aliphatic rings. The van der Waals surface area contributed by atoms with Crippen LogP contribution in [0.1, 0.15) is 12.5 Å². The van der Waals surface area contributed by atoms with Gasteiger partial charge in [0.05, 0.1) is 24.6 Å². The maximum atomic E-state index is 13.8. The number of hydrogen-bond acceptors (Lipinski definition) is 4. The summed E-state index contributed by atoms with van der Waals surface area (Å²) in [7, 11) is -3.49. The summed E-state index contributed by atoms with van der Waals surface area (Å²) in [6, 6.07) is 4.06. The number of benzene rings is 1. The fourth-order valence-electron chi connectivity index (χ4n) is 1.77. The molecule has 2 rings (SSSR count). The Bertz CT molecular complexity index is 783. The second-order valence-electron chi connectivity index (χ2n) is 4.38. The van der Waals surface area contributed by atoms with Crippen molar-refractivity contribution < 1.29 is 22.7 Å². The first-order valence-corrected chi connectivity index (χ1v) is 7.73. The van der Waals surface area contributed by atoms with Crippen molar-refractivity contribution in [1.82, 2.24) is 9.19 Å². The molecule has 0 aliphatic heterocycles. The highest BCUT2D eigenvalue weighted by molar-refractivity contribution is 7.89. The van der Waals surface area contributed by atoms with Gasteiger partial charge >= 0.3 is 5.97 Å². The van der Waals surface area contributed by atoms with E-state index in [0.29, 0.717) is 11.1 Å². The third-order valence-corrected chi connectivity index (χ3v) is 4.44. The number of halogens is 1. The first-order valence-electron chi connectivity index (χ1n) is 6.12. The quantitative estimate of drug-likeness (QED) is 0.904. The lowest BCUT2D eigenvalue weighted by Crippen LogP contribution is -2.14. The molecule has 0 unspecified atom stereocenters. The third kappa shape index (κ3) is 3.27. The van der Waals surface area contributed by atoms with Gasteiger partial charge in [-0.3, -0.25) is 4.79 Å². The van der Waals surface area contributed by atoms with Gasteiger partial charge in [0.2, 0.25) is 0 Å². The van der Waals surface area contributed by atoms with E-state index in [-0.39, 0.29) is 11.3 Å². The number of aliphatic carboxylic acids is 1. The fourth-order valence-corrected chi connectivity index (χ4v) is 2.50. The van der Waals surface area contributed by atoms with Crippen molar-refractivity contribution in [2.75, 3.05) is 5.75 Å². The zero-order valence-corrected chi connectivity index (χ0v) is 12.0. The summed E-state index contributed by atoms with van der Waals surface area (Å²) in [6.45, 7) is 1.50. The van der Waals surface area contributed by atoms with Gasteiger partial charge in [0.1, 0.15) is 5.82 Å². The van der Waals surface area contributed by atoms with Crippen LogP contribution < -0.4 is 0 Å². The van der Waals surface area contributed by atoms with E-state index in [9.17, 15) is 17.6 Å². The SMILES string of the molecule is CCS(=O)(=O)n1cc(-c2ccc(CC(=O)O)c(F)c2)cn1. The van der Waals surface area contributed by atoms with Crippen LogP contribution >= 0.6 is 0 Å². The summed E-state index contributed by atoms with van der Waals surface area (Å²) < 4.78 is 37.9. The van der Waals surface area contributed by atoms with Gasteiger partial charge in [0.15, 0.2) is 0 Å². The summed E-state index contributed by atoms with van der Waals surface area (Å²) in [4.78, 5) is 10.6. The predicted octanol–water partition coefficient (Wildman–Crippen LogP) is 1.51. The van der Waals surface area contributed by atoms with Crippen molar-refractivity contribution in [3.8, 4) is 11.1 Å². The molecule has 1 aromatic heterocycles. The van der Waals surface area contributed by atoms with E-state index in [1.54, 1.807) is 0 Å². The lowest BCUT2D eigenvalue weighted by atomic mass is 10.0. The minimum Gasteiger partial charge on any atom is -0.481 e. The number of carboxylic acids is 1. The molecule has 2 aromatic rings.